The molecular weight excluding hydrogens is 354 g/mol. The molecule has 3 N–H and O–H groups in total. The molecule has 1 aliphatic rings. The van der Waals surface area contributed by atoms with Crippen molar-refractivity contribution in [3.05, 3.63) is 54.1 Å². The summed E-state index contributed by atoms with van der Waals surface area (Å²) in [4.78, 5) is 14.4. The second-order valence-corrected chi connectivity index (χ2v) is 8.19. The van der Waals surface area contributed by atoms with Gasteiger partial charge in [-0.1, -0.05) is 30.3 Å². The topological polar surface area (TPSA) is 76.8 Å². The summed E-state index contributed by atoms with van der Waals surface area (Å²) in [6.45, 7) is 8.87. The molecule has 0 saturated carbocycles. The number of benzene rings is 2. The van der Waals surface area contributed by atoms with Gasteiger partial charge in [0.2, 0.25) is 0 Å². The molecule has 2 atom stereocenters. The first-order chi connectivity index (χ1) is 13.2. The number of rotatable bonds is 4. The first-order valence-corrected chi connectivity index (χ1v) is 9.56. The summed E-state index contributed by atoms with van der Waals surface area (Å²) in [5.74, 6) is 0.763. The average Bonchev–Trinajstić information content (AvgIpc) is 2.61. The van der Waals surface area contributed by atoms with Crippen LogP contribution in [0, 0.1) is 0 Å². The second-order valence-electron chi connectivity index (χ2n) is 8.19. The van der Waals surface area contributed by atoms with Crippen LogP contribution in [0.1, 0.15) is 33.3 Å². The maximum absolute atomic E-state index is 12.1. The smallest absolute Gasteiger partial charge is 0.412 e. The van der Waals surface area contributed by atoms with Gasteiger partial charge in [0.05, 0.1) is 12.2 Å². The Morgan fingerprint density at radius 2 is 2.00 bits per heavy atom. The van der Waals surface area contributed by atoms with Crippen LogP contribution in [0.3, 0.4) is 0 Å². The molecule has 6 nitrogen and oxygen atoms in total. The van der Waals surface area contributed by atoms with Crippen LogP contribution in [0.25, 0.3) is 0 Å². The summed E-state index contributed by atoms with van der Waals surface area (Å²) in [6.07, 6.45) is -0.576. The van der Waals surface area contributed by atoms with E-state index in [2.05, 4.69) is 22.3 Å². The number of carbonyl (C=O) groups is 1. The summed E-state index contributed by atoms with van der Waals surface area (Å²) in [7, 11) is 0. The largest absolute Gasteiger partial charge is 0.485 e. The Morgan fingerprint density at radius 1 is 1.29 bits per heavy atom. The van der Waals surface area contributed by atoms with E-state index in [9.17, 15) is 4.79 Å². The predicted octanol–water partition coefficient (Wildman–Crippen LogP) is 4.15. The average molecular weight is 383 g/mol. The van der Waals surface area contributed by atoms with Gasteiger partial charge in [0.1, 0.15) is 17.5 Å². The minimum absolute atomic E-state index is 0.0917. The van der Waals surface area contributed by atoms with Crippen molar-refractivity contribution in [2.24, 2.45) is 5.73 Å². The number of ether oxygens (including phenoxy) is 2. The molecule has 6 heteroatoms. The van der Waals surface area contributed by atoms with Crippen molar-refractivity contribution >= 4 is 17.5 Å². The predicted molar refractivity (Wildman–Crippen MR) is 112 cm³/mol. The third-order valence-corrected chi connectivity index (χ3v) is 4.43. The zero-order chi connectivity index (χ0) is 20.3. The second kappa shape index (κ2) is 8.10. The third kappa shape index (κ3) is 5.16. The molecule has 2 aromatic rings. The Labute approximate surface area is 166 Å². The highest BCUT2D eigenvalue weighted by molar-refractivity contribution is 5.86. The SMILES string of the molecule is C[C@@H](N)[C@H]1CN(Cc2ccccc2)c2cc(NC(=O)OC(C)(C)C)ccc2O1. The van der Waals surface area contributed by atoms with E-state index in [1.807, 2.05) is 64.1 Å². The van der Waals surface area contributed by atoms with Gasteiger partial charge in [0.15, 0.2) is 0 Å². The summed E-state index contributed by atoms with van der Waals surface area (Å²) in [5.41, 5.74) is 8.34. The number of nitrogens with zero attached hydrogens (tertiary/aromatic N) is 1. The van der Waals surface area contributed by atoms with Gasteiger partial charge < -0.3 is 20.1 Å². The standard InChI is InChI=1S/C22H29N3O3/c1-15(23)20-14-25(13-16-8-6-5-7-9-16)18-12-17(10-11-19(18)27-20)24-21(26)28-22(2,3)4/h5-12,15,20H,13-14,23H2,1-4H3,(H,24,26)/t15-,20-/m1/s1. The van der Waals surface area contributed by atoms with Crippen molar-refractivity contribution in [2.45, 2.75) is 52.0 Å². The van der Waals surface area contributed by atoms with Gasteiger partial charge in [-0.15, -0.1) is 0 Å². The fourth-order valence-electron chi connectivity index (χ4n) is 3.11. The first kappa shape index (κ1) is 20.0. The van der Waals surface area contributed by atoms with Crippen molar-refractivity contribution < 1.29 is 14.3 Å². The zero-order valence-corrected chi connectivity index (χ0v) is 16.9. The lowest BCUT2D eigenvalue weighted by Gasteiger charge is -2.38. The van der Waals surface area contributed by atoms with Gasteiger partial charge in [-0.25, -0.2) is 4.79 Å². The molecule has 1 aliphatic heterocycles. The molecule has 0 saturated heterocycles. The summed E-state index contributed by atoms with van der Waals surface area (Å²) >= 11 is 0. The van der Waals surface area contributed by atoms with Crippen LogP contribution in [0.15, 0.2) is 48.5 Å². The molecule has 1 heterocycles. The lowest BCUT2D eigenvalue weighted by molar-refractivity contribution is 0.0636. The van der Waals surface area contributed by atoms with Gasteiger partial charge in [-0.3, -0.25) is 5.32 Å². The Hall–Kier alpha value is -2.73. The van der Waals surface area contributed by atoms with Crippen molar-refractivity contribution in [1.29, 1.82) is 0 Å². The van der Waals surface area contributed by atoms with E-state index in [-0.39, 0.29) is 12.1 Å². The van der Waals surface area contributed by atoms with E-state index in [0.717, 1.165) is 18.0 Å². The third-order valence-electron chi connectivity index (χ3n) is 4.43. The molecule has 0 spiro atoms. The normalized spacial score (nSPS) is 17.3. The minimum atomic E-state index is -0.550. The Kier molecular flexibility index (Phi) is 5.79. The highest BCUT2D eigenvalue weighted by atomic mass is 16.6. The molecule has 2 aromatic carbocycles. The van der Waals surface area contributed by atoms with Crippen LogP contribution in [0.4, 0.5) is 16.2 Å². The van der Waals surface area contributed by atoms with Crippen molar-refractivity contribution in [2.75, 3.05) is 16.8 Å². The molecule has 1 amide bonds. The van der Waals surface area contributed by atoms with E-state index < -0.39 is 11.7 Å². The molecule has 28 heavy (non-hydrogen) atoms. The van der Waals surface area contributed by atoms with Crippen LogP contribution < -0.4 is 20.7 Å². The highest BCUT2D eigenvalue weighted by Crippen LogP contribution is 2.37. The molecule has 0 unspecified atom stereocenters. The van der Waals surface area contributed by atoms with Gasteiger partial charge >= 0.3 is 6.09 Å². The first-order valence-electron chi connectivity index (χ1n) is 9.56. The monoisotopic (exact) mass is 383 g/mol. The number of anilines is 2. The number of hydrogen-bond donors (Lipinski definition) is 2. The molecule has 0 bridgehead atoms. The fourth-order valence-corrected chi connectivity index (χ4v) is 3.11. The van der Waals surface area contributed by atoms with Crippen LogP contribution in [0.2, 0.25) is 0 Å². The van der Waals surface area contributed by atoms with Gasteiger partial charge in [0.25, 0.3) is 0 Å². The Balaban J connectivity index is 1.85. The summed E-state index contributed by atoms with van der Waals surface area (Å²) in [6, 6.07) is 15.8. The van der Waals surface area contributed by atoms with Crippen LogP contribution in [-0.2, 0) is 11.3 Å². The van der Waals surface area contributed by atoms with Crippen molar-refractivity contribution in [1.82, 2.24) is 0 Å². The zero-order valence-electron chi connectivity index (χ0n) is 16.9. The minimum Gasteiger partial charge on any atom is -0.485 e. The number of nitrogens with two attached hydrogens (primary N) is 1. The summed E-state index contributed by atoms with van der Waals surface area (Å²) < 4.78 is 11.4. The lowest BCUT2D eigenvalue weighted by Crippen LogP contribution is -2.48. The number of nitrogens with one attached hydrogen (secondary N) is 1. The van der Waals surface area contributed by atoms with Crippen molar-refractivity contribution in [3.63, 3.8) is 0 Å². The number of fused-ring (bicyclic) bond motifs is 1. The fraction of sp³-hybridized carbons (Fsp3) is 0.409. The van der Waals surface area contributed by atoms with E-state index >= 15 is 0 Å². The van der Waals surface area contributed by atoms with Crippen LogP contribution in [0.5, 0.6) is 5.75 Å². The van der Waals surface area contributed by atoms with Crippen LogP contribution >= 0.6 is 0 Å². The lowest BCUT2D eigenvalue weighted by atomic mass is 10.1. The maximum Gasteiger partial charge on any atom is 0.412 e. The van der Waals surface area contributed by atoms with Gasteiger partial charge in [-0.2, -0.15) is 0 Å². The van der Waals surface area contributed by atoms with E-state index in [4.69, 9.17) is 15.2 Å². The number of carbonyl (C=O) groups excluding carboxylic acids is 1. The number of amides is 1. The Morgan fingerprint density at radius 3 is 2.64 bits per heavy atom. The summed E-state index contributed by atoms with van der Waals surface area (Å²) in [5, 5.41) is 2.80. The Bertz CT molecular complexity index is 816. The van der Waals surface area contributed by atoms with Gasteiger partial charge in [0, 0.05) is 18.3 Å². The molecule has 0 fully saturated rings. The molecule has 0 aromatic heterocycles. The molecule has 0 radical (unpaired) electrons. The van der Waals surface area contributed by atoms with Gasteiger partial charge in [-0.05, 0) is 51.5 Å². The maximum atomic E-state index is 12.1. The van der Waals surface area contributed by atoms with Crippen LogP contribution in [-0.4, -0.2) is 30.4 Å². The van der Waals surface area contributed by atoms with E-state index in [1.54, 1.807) is 0 Å². The molecule has 3 rings (SSSR count). The molecule has 150 valence electrons. The molecular formula is C22H29N3O3. The van der Waals surface area contributed by atoms with Crippen molar-refractivity contribution in [3.8, 4) is 5.75 Å². The highest BCUT2D eigenvalue weighted by Gasteiger charge is 2.28. The van der Waals surface area contributed by atoms with E-state index in [0.29, 0.717) is 12.2 Å². The van der Waals surface area contributed by atoms with E-state index in [1.165, 1.54) is 5.56 Å². The molecule has 0 aliphatic carbocycles. The quantitative estimate of drug-likeness (QED) is 0.829. The number of hydrogen-bond acceptors (Lipinski definition) is 5.